The average molecular weight is 488 g/mol. The lowest BCUT2D eigenvalue weighted by molar-refractivity contribution is 0.0939. The smallest absolute Gasteiger partial charge is 0.251 e. The molecular weight excluding hydrogens is 458 g/mol. The summed E-state index contributed by atoms with van der Waals surface area (Å²) in [6, 6.07) is 16.3. The molecule has 1 saturated carbocycles. The maximum atomic E-state index is 12.6. The van der Waals surface area contributed by atoms with Crippen LogP contribution in [0.15, 0.2) is 70.8 Å². The van der Waals surface area contributed by atoms with Gasteiger partial charge in [-0.05, 0) is 63.4 Å². The maximum absolute atomic E-state index is 12.6. The molecule has 4 aromatic rings. The fourth-order valence-corrected chi connectivity index (χ4v) is 4.66. The Morgan fingerprint density at radius 1 is 1.20 bits per heavy atom. The fourth-order valence-electron chi connectivity index (χ4n) is 3.83. The zero-order valence-corrected chi connectivity index (χ0v) is 20.9. The molecule has 0 aliphatic heterocycles. The number of anilines is 1. The number of fused-ring (bicyclic) bond motifs is 1. The van der Waals surface area contributed by atoms with Crippen molar-refractivity contribution in [2.75, 3.05) is 11.9 Å². The van der Waals surface area contributed by atoms with Crippen molar-refractivity contribution in [3.8, 4) is 11.3 Å². The largest absolute Gasteiger partial charge is 0.389 e. The number of nitrogens with zero attached hydrogens (tertiary/aromatic N) is 3. The summed E-state index contributed by atoms with van der Waals surface area (Å²) in [5, 5.41) is 17.4. The van der Waals surface area contributed by atoms with E-state index in [1.807, 2.05) is 72.2 Å². The number of benzene rings is 2. The van der Waals surface area contributed by atoms with Crippen molar-refractivity contribution >= 4 is 29.1 Å². The van der Waals surface area contributed by atoms with Crippen LogP contribution in [0.3, 0.4) is 0 Å². The Bertz CT molecular complexity index is 1370. The van der Waals surface area contributed by atoms with Gasteiger partial charge in [-0.25, -0.2) is 9.97 Å². The second-order valence-corrected chi connectivity index (χ2v) is 10.7. The van der Waals surface area contributed by atoms with E-state index in [1.165, 1.54) is 0 Å². The van der Waals surface area contributed by atoms with Crippen LogP contribution in [0, 0.1) is 6.92 Å². The van der Waals surface area contributed by atoms with Crippen molar-refractivity contribution in [2.45, 2.75) is 55.2 Å². The van der Waals surface area contributed by atoms with Gasteiger partial charge in [-0.1, -0.05) is 36.0 Å². The third-order valence-corrected chi connectivity index (χ3v) is 6.72. The van der Waals surface area contributed by atoms with Gasteiger partial charge < -0.3 is 15.7 Å². The molecule has 1 fully saturated rings. The lowest BCUT2D eigenvalue weighted by Crippen LogP contribution is -2.29. The van der Waals surface area contributed by atoms with Gasteiger partial charge >= 0.3 is 0 Å². The van der Waals surface area contributed by atoms with Crippen molar-refractivity contribution in [1.82, 2.24) is 19.7 Å². The number of aromatic nitrogens is 3. The van der Waals surface area contributed by atoms with Crippen LogP contribution in [-0.2, 0) is 0 Å². The van der Waals surface area contributed by atoms with E-state index in [0.717, 1.165) is 39.6 Å². The number of imidazole rings is 1. The van der Waals surface area contributed by atoms with E-state index in [-0.39, 0.29) is 5.91 Å². The Balaban J connectivity index is 1.53. The highest BCUT2D eigenvalue weighted by molar-refractivity contribution is 7.99. The number of hydrogen-bond acceptors (Lipinski definition) is 6. The second kappa shape index (κ2) is 9.36. The summed E-state index contributed by atoms with van der Waals surface area (Å²) >= 11 is 1.56. The highest BCUT2D eigenvalue weighted by Gasteiger charge is 2.24. The minimum Gasteiger partial charge on any atom is -0.389 e. The number of carbonyl (C=O) groups is 1. The van der Waals surface area contributed by atoms with Gasteiger partial charge in [0.1, 0.15) is 5.03 Å². The maximum Gasteiger partial charge on any atom is 0.251 e. The van der Waals surface area contributed by atoms with Crippen LogP contribution >= 0.6 is 11.8 Å². The molecule has 5 rings (SSSR count). The first-order valence-electron chi connectivity index (χ1n) is 11.8. The Kier molecular flexibility index (Phi) is 6.25. The van der Waals surface area contributed by atoms with Gasteiger partial charge in [-0.15, -0.1) is 0 Å². The number of hydrogen-bond donors (Lipinski definition) is 3. The van der Waals surface area contributed by atoms with E-state index in [4.69, 9.17) is 4.98 Å². The molecule has 35 heavy (non-hydrogen) atoms. The summed E-state index contributed by atoms with van der Waals surface area (Å²) in [6.45, 7) is 5.80. The van der Waals surface area contributed by atoms with Crippen LogP contribution < -0.4 is 10.6 Å². The zero-order valence-electron chi connectivity index (χ0n) is 20.1. The standard InChI is InChI=1S/C27H29N5O2S/c1-17-13-18(9-12-21(17)26(33)30-19-10-11-19)22-14-28-25-24(29-16-27(2,3)34)31-23(15-32(22)25)35-20-7-5-4-6-8-20/h4-9,12-15,19,34H,10-11,16H2,1-3H3,(H,29,31)(H,30,33). The minimum absolute atomic E-state index is 0.0152. The molecule has 0 atom stereocenters. The first kappa shape index (κ1) is 23.4. The molecule has 0 radical (unpaired) electrons. The molecule has 7 nitrogen and oxygen atoms in total. The Morgan fingerprint density at radius 3 is 2.66 bits per heavy atom. The number of aliphatic hydroxyl groups is 1. The summed E-state index contributed by atoms with van der Waals surface area (Å²) < 4.78 is 2.02. The molecule has 1 aliphatic carbocycles. The van der Waals surface area contributed by atoms with Crippen molar-refractivity contribution in [3.05, 3.63) is 72.1 Å². The van der Waals surface area contributed by atoms with Gasteiger partial charge in [0.05, 0.1) is 17.5 Å². The summed E-state index contributed by atoms with van der Waals surface area (Å²) in [5.74, 6) is 0.593. The molecule has 0 saturated heterocycles. The predicted octanol–water partition coefficient (Wildman–Crippen LogP) is 4.93. The van der Waals surface area contributed by atoms with E-state index in [2.05, 4.69) is 15.6 Å². The molecule has 8 heteroatoms. The van der Waals surface area contributed by atoms with E-state index in [1.54, 1.807) is 25.6 Å². The van der Waals surface area contributed by atoms with Crippen molar-refractivity contribution < 1.29 is 9.90 Å². The lowest BCUT2D eigenvalue weighted by atomic mass is 10.0. The van der Waals surface area contributed by atoms with Crippen LogP contribution in [0.1, 0.15) is 42.6 Å². The van der Waals surface area contributed by atoms with E-state index in [0.29, 0.717) is 29.6 Å². The topological polar surface area (TPSA) is 91.6 Å². The van der Waals surface area contributed by atoms with Crippen molar-refractivity contribution in [3.63, 3.8) is 0 Å². The van der Waals surface area contributed by atoms with Crippen LogP contribution in [0.2, 0.25) is 0 Å². The molecule has 2 aromatic heterocycles. The van der Waals surface area contributed by atoms with Gasteiger partial charge in [0.25, 0.3) is 5.91 Å². The number of rotatable bonds is 8. The molecule has 0 spiro atoms. The fraction of sp³-hybridized carbons (Fsp3) is 0.296. The molecule has 180 valence electrons. The first-order valence-corrected chi connectivity index (χ1v) is 12.6. The van der Waals surface area contributed by atoms with E-state index >= 15 is 0 Å². The number of carbonyl (C=O) groups excluding carboxylic acids is 1. The zero-order chi connectivity index (χ0) is 24.6. The molecule has 1 amide bonds. The molecular formula is C27H29N5O2S. The summed E-state index contributed by atoms with van der Waals surface area (Å²) in [5.41, 5.74) is 3.27. The highest BCUT2D eigenvalue weighted by Crippen LogP contribution is 2.32. The number of amides is 1. The Hall–Kier alpha value is -3.36. The van der Waals surface area contributed by atoms with Crippen molar-refractivity contribution in [2.24, 2.45) is 0 Å². The highest BCUT2D eigenvalue weighted by atomic mass is 32.2. The third kappa shape index (κ3) is 5.49. The van der Waals surface area contributed by atoms with Crippen LogP contribution in [0.4, 0.5) is 5.82 Å². The normalized spacial score (nSPS) is 13.7. The molecule has 1 aliphatic rings. The third-order valence-electron chi connectivity index (χ3n) is 5.80. The monoisotopic (exact) mass is 487 g/mol. The molecule has 0 unspecified atom stereocenters. The van der Waals surface area contributed by atoms with Crippen LogP contribution in [-0.4, -0.2) is 43.6 Å². The Labute approximate surface area is 209 Å². The van der Waals surface area contributed by atoms with Crippen LogP contribution in [0.25, 0.3) is 16.9 Å². The van der Waals surface area contributed by atoms with E-state index < -0.39 is 5.60 Å². The van der Waals surface area contributed by atoms with Crippen molar-refractivity contribution in [1.29, 1.82) is 0 Å². The van der Waals surface area contributed by atoms with Gasteiger partial charge in [-0.3, -0.25) is 9.20 Å². The molecule has 2 aromatic carbocycles. The predicted molar refractivity (Wildman–Crippen MR) is 139 cm³/mol. The Morgan fingerprint density at radius 2 is 1.97 bits per heavy atom. The first-order chi connectivity index (χ1) is 16.8. The second-order valence-electron chi connectivity index (χ2n) is 9.62. The van der Waals surface area contributed by atoms with Gasteiger partial charge in [0, 0.05) is 34.8 Å². The average Bonchev–Trinajstić information content (AvgIpc) is 3.53. The summed E-state index contributed by atoms with van der Waals surface area (Å²) in [7, 11) is 0. The van der Waals surface area contributed by atoms with Gasteiger partial charge in [-0.2, -0.15) is 0 Å². The lowest BCUT2D eigenvalue weighted by Gasteiger charge is -2.19. The van der Waals surface area contributed by atoms with Crippen LogP contribution in [0.5, 0.6) is 0 Å². The SMILES string of the molecule is Cc1cc(-c2cnc3c(NCC(C)(C)O)nc(Sc4ccccc4)cn23)ccc1C(=O)NC1CC1. The van der Waals surface area contributed by atoms with Gasteiger partial charge in [0.2, 0.25) is 0 Å². The number of nitrogens with one attached hydrogen (secondary N) is 2. The molecule has 0 bridgehead atoms. The summed E-state index contributed by atoms with van der Waals surface area (Å²) in [6.07, 6.45) is 5.92. The summed E-state index contributed by atoms with van der Waals surface area (Å²) in [4.78, 5) is 23.1. The molecule has 2 heterocycles. The van der Waals surface area contributed by atoms with Gasteiger partial charge in [0.15, 0.2) is 11.5 Å². The molecule has 3 N–H and O–H groups in total. The quantitative estimate of drug-likeness (QED) is 0.326. The minimum atomic E-state index is -0.898. The van der Waals surface area contributed by atoms with E-state index in [9.17, 15) is 9.90 Å². The number of aryl methyl sites for hydroxylation is 1.